The molecule has 0 bridgehead atoms. The maximum atomic E-state index is 11.9. The molecule has 1 fully saturated rings. The minimum Gasteiger partial charge on any atom is -0.481 e. The van der Waals surface area contributed by atoms with E-state index in [4.69, 9.17) is 5.11 Å². The molecule has 3 N–H and O–H groups in total. The van der Waals surface area contributed by atoms with Gasteiger partial charge in [0, 0.05) is 19.1 Å². The number of aliphatic carboxylic acids is 1. The van der Waals surface area contributed by atoms with E-state index in [0.717, 1.165) is 0 Å². The van der Waals surface area contributed by atoms with Crippen molar-refractivity contribution < 1.29 is 19.5 Å². The third-order valence-electron chi connectivity index (χ3n) is 3.21. The molecule has 1 aliphatic heterocycles. The zero-order chi connectivity index (χ0) is 15.1. The van der Waals surface area contributed by atoms with Crippen molar-refractivity contribution in [3.8, 4) is 0 Å². The van der Waals surface area contributed by atoms with Gasteiger partial charge >= 0.3 is 5.97 Å². The number of hydrogen-bond acceptors (Lipinski definition) is 4. The molecule has 0 aromatic carbocycles. The summed E-state index contributed by atoms with van der Waals surface area (Å²) in [6.45, 7) is 4.88. The molecule has 0 aliphatic carbocycles. The fourth-order valence-electron chi connectivity index (χ4n) is 2.14. The minimum atomic E-state index is -0.791. The Morgan fingerprint density at radius 1 is 1.20 bits per heavy atom. The topological polar surface area (TPSA) is 98.7 Å². The number of likely N-dealkylation sites (tertiary alicyclic amines) is 1. The van der Waals surface area contributed by atoms with Crippen LogP contribution in [0.1, 0.15) is 26.7 Å². The van der Waals surface area contributed by atoms with Crippen LogP contribution in [0.5, 0.6) is 0 Å². The number of nitrogens with zero attached hydrogens (tertiary/aromatic N) is 1. The SMILES string of the molecule is CC(C)NC(=O)CNCC(=O)N1CCC(C(=O)O)CC1. The number of piperidine rings is 1. The normalized spacial score (nSPS) is 16.2. The summed E-state index contributed by atoms with van der Waals surface area (Å²) < 4.78 is 0. The molecular weight excluding hydrogens is 262 g/mol. The second kappa shape index (κ2) is 7.84. The van der Waals surface area contributed by atoms with E-state index in [1.165, 1.54) is 0 Å². The van der Waals surface area contributed by atoms with Crippen LogP contribution in [0.25, 0.3) is 0 Å². The Labute approximate surface area is 118 Å². The fraction of sp³-hybridized carbons (Fsp3) is 0.769. The van der Waals surface area contributed by atoms with Crippen molar-refractivity contribution in [3.63, 3.8) is 0 Å². The van der Waals surface area contributed by atoms with E-state index >= 15 is 0 Å². The molecule has 1 rings (SSSR count). The highest BCUT2D eigenvalue weighted by Gasteiger charge is 2.26. The predicted molar refractivity (Wildman–Crippen MR) is 73.1 cm³/mol. The van der Waals surface area contributed by atoms with Crippen molar-refractivity contribution in [1.29, 1.82) is 0 Å². The van der Waals surface area contributed by atoms with E-state index in [1.807, 2.05) is 13.8 Å². The van der Waals surface area contributed by atoms with E-state index in [2.05, 4.69) is 10.6 Å². The summed E-state index contributed by atoms with van der Waals surface area (Å²) in [5.74, 6) is -1.37. The van der Waals surface area contributed by atoms with Crippen LogP contribution < -0.4 is 10.6 Å². The highest BCUT2D eigenvalue weighted by Crippen LogP contribution is 2.16. The Morgan fingerprint density at radius 2 is 1.80 bits per heavy atom. The molecule has 0 spiro atoms. The third-order valence-corrected chi connectivity index (χ3v) is 3.21. The van der Waals surface area contributed by atoms with E-state index in [-0.39, 0.29) is 36.9 Å². The quantitative estimate of drug-likeness (QED) is 0.606. The Hall–Kier alpha value is -1.63. The molecule has 114 valence electrons. The molecule has 1 saturated heterocycles. The van der Waals surface area contributed by atoms with Crippen molar-refractivity contribution >= 4 is 17.8 Å². The number of nitrogens with one attached hydrogen (secondary N) is 2. The molecule has 2 amide bonds. The monoisotopic (exact) mass is 285 g/mol. The van der Waals surface area contributed by atoms with E-state index in [0.29, 0.717) is 25.9 Å². The zero-order valence-electron chi connectivity index (χ0n) is 12.0. The van der Waals surface area contributed by atoms with Crippen molar-refractivity contribution in [3.05, 3.63) is 0 Å². The minimum absolute atomic E-state index is 0.0787. The molecule has 7 heteroatoms. The Bertz CT molecular complexity index is 363. The highest BCUT2D eigenvalue weighted by molar-refractivity contribution is 5.81. The van der Waals surface area contributed by atoms with E-state index < -0.39 is 5.97 Å². The second-order valence-electron chi connectivity index (χ2n) is 5.32. The summed E-state index contributed by atoms with van der Waals surface area (Å²) in [4.78, 5) is 35.7. The number of carbonyl (C=O) groups is 3. The molecule has 0 saturated carbocycles. The molecule has 0 unspecified atom stereocenters. The third kappa shape index (κ3) is 5.56. The molecule has 7 nitrogen and oxygen atoms in total. The maximum absolute atomic E-state index is 11.9. The van der Waals surface area contributed by atoms with Gasteiger partial charge in [-0.2, -0.15) is 0 Å². The molecule has 0 atom stereocenters. The van der Waals surface area contributed by atoms with Gasteiger partial charge in [-0.15, -0.1) is 0 Å². The number of rotatable bonds is 6. The van der Waals surface area contributed by atoms with Crippen molar-refractivity contribution in [2.45, 2.75) is 32.7 Å². The van der Waals surface area contributed by atoms with Gasteiger partial charge in [0.25, 0.3) is 0 Å². The highest BCUT2D eigenvalue weighted by atomic mass is 16.4. The average molecular weight is 285 g/mol. The summed E-state index contributed by atoms with van der Waals surface area (Å²) in [7, 11) is 0. The molecule has 1 heterocycles. The van der Waals surface area contributed by atoms with E-state index in [9.17, 15) is 14.4 Å². The molecule has 1 aliphatic rings. The predicted octanol–water partition coefficient (Wildman–Crippen LogP) is -0.576. The second-order valence-corrected chi connectivity index (χ2v) is 5.32. The molecule has 0 aromatic rings. The largest absolute Gasteiger partial charge is 0.481 e. The van der Waals surface area contributed by atoms with Crippen LogP contribution in [-0.2, 0) is 14.4 Å². The lowest BCUT2D eigenvalue weighted by atomic mass is 9.97. The first-order chi connectivity index (χ1) is 9.40. The lowest BCUT2D eigenvalue weighted by molar-refractivity contribution is -0.145. The van der Waals surface area contributed by atoms with Gasteiger partial charge in [0.1, 0.15) is 0 Å². The number of carbonyl (C=O) groups excluding carboxylic acids is 2. The smallest absolute Gasteiger partial charge is 0.306 e. The van der Waals surface area contributed by atoms with Crippen molar-refractivity contribution in [1.82, 2.24) is 15.5 Å². The van der Waals surface area contributed by atoms with Crippen LogP contribution >= 0.6 is 0 Å². The van der Waals surface area contributed by atoms with Crippen LogP contribution in [0, 0.1) is 5.92 Å². The number of amides is 2. The number of carboxylic acid groups (broad SMARTS) is 1. The molecule has 20 heavy (non-hydrogen) atoms. The van der Waals surface area contributed by atoms with Gasteiger partial charge in [0.05, 0.1) is 19.0 Å². The Morgan fingerprint density at radius 3 is 2.30 bits per heavy atom. The molecule has 0 aromatic heterocycles. The van der Waals surface area contributed by atoms with Gasteiger partial charge < -0.3 is 15.3 Å². The lowest BCUT2D eigenvalue weighted by Crippen LogP contribution is -2.46. The summed E-state index contributed by atoms with van der Waals surface area (Å²) in [5, 5.41) is 14.4. The molecule has 0 radical (unpaired) electrons. The standard InChI is InChI=1S/C13H23N3O4/c1-9(2)15-11(17)7-14-8-12(18)16-5-3-10(4-6-16)13(19)20/h9-10,14H,3-8H2,1-2H3,(H,15,17)(H,19,20). The van der Waals surface area contributed by atoms with E-state index in [1.54, 1.807) is 4.90 Å². The lowest BCUT2D eigenvalue weighted by Gasteiger charge is -2.30. The van der Waals surface area contributed by atoms with Crippen LogP contribution in [0.3, 0.4) is 0 Å². The van der Waals surface area contributed by atoms with Crippen molar-refractivity contribution in [2.24, 2.45) is 5.92 Å². The van der Waals surface area contributed by atoms with Gasteiger partial charge in [-0.05, 0) is 26.7 Å². The number of carboxylic acids is 1. The maximum Gasteiger partial charge on any atom is 0.306 e. The Balaban J connectivity index is 2.21. The zero-order valence-corrected chi connectivity index (χ0v) is 12.0. The molecular formula is C13H23N3O4. The summed E-state index contributed by atoms with van der Waals surface area (Å²) >= 11 is 0. The summed E-state index contributed by atoms with van der Waals surface area (Å²) in [5.41, 5.74) is 0. The summed E-state index contributed by atoms with van der Waals surface area (Å²) in [6.07, 6.45) is 0.990. The van der Waals surface area contributed by atoms with Crippen molar-refractivity contribution in [2.75, 3.05) is 26.2 Å². The summed E-state index contributed by atoms with van der Waals surface area (Å²) in [6, 6.07) is 0.0787. The Kier molecular flexibility index (Phi) is 6.44. The van der Waals surface area contributed by atoms with Crippen LogP contribution in [0.15, 0.2) is 0 Å². The first-order valence-electron chi connectivity index (χ1n) is 6.90. The van der Waals surface area contributed by atoms with Gasteiger partial charge in [0.15, 0.2) is 0 Å². The van der Waals surface area contributed by atoms with Crippen LogP contribution in [0.2, 0.25) is 0 Å². The van der Waals surface area contributed by atoms with Gasteiger partial charge in [-0.25, -0.2) is 0 Å². The fourth-order valence-corrected chi connectivity index (χ4v) is 2.14. The van der Waals surface area contributed by atoms with Gasteiger partial charge in [-0.1, -0.05) is 0 Å². The number of hydrogen-bond donors (Lipinski definition) is 3. The first kappa shape index (κ1) is 16.4. The van der Waals surface area contributed by atoms with Gasteiger partial charge in [0.2, 0.25) is 11.8 Å². The first-order valence-corrected chi connectivity index (χ1v) is 6.90. The van der Waals surface area contributed by atoms with Gasteiger partial charge in [-0.3, -0.25) is 19.7 Å². The van der Waals surface area contributed by atoms with Crippen LogP contribution in [0.4, 0.5) is 0 Å². The average Bonchev–Trinajstić information content (AvgIpc) is 2.37. The van der Waals surface area contributed by atoms with Crippen LogP contribution in [-0.4, -0.2) is 60.0 Å².